The summed E-state index contributed by atoms with van der Waals surface area (Å²) in [5.74, 6) is 0.175. The molecule has 1 amide bonds. The summed E-state index contributed by atoms with van der Waals surface area (Å²) < 4.78 is 18.4. The molecule has 0 fully saturated rings. The van der Waals surface area contributed by atoms with Gasteiger partial charge in [0.1, 0.15) is 11.6 Å². The van der Waals surface area contributed by atoms with E-state index in [-0.39, 0.29) is 11.7 Å². The van der Waals surface area contributed by atoms with Gasteiger partial charge in [-0.15, -0.1) is 0 Å². The highest BCUT2D eigenvalue weighted by Gasteiger charge is 2.16. The van der Waals surface area contributed by atoms with Gasteiger partial charge in [-0.3, -0.25) is 4.79 Å². The minimum absolute atomic E-state index is 0.122. The summed E-state index contributed by atoms with van der Waals surface area (Å²) in [5.41, 5.74) is 1.41. The molecular weight excluding hydrogens is 269 g/mol. The molecule has 0 aliphatic rings. The molecule has 0 saturated heterocycles. The zero-order valence-corrected chi connectivity index (χ0v) is 12.2. The van der Waals surface area contributed by atoms with Crippen molar-refractivity contribution in [3.8, 4) is 5.75 Å². The van der Waals surface area contributed by atoms with Crippen LogP contribution >= 0.6 is 0 Å². The summed E-state index contributed by atoms with van der Waals surface area (Å²) in [6.07, 6.45) is 0. The van der Waals surface area contributed by atoms with Gasteiger partial charge in [-0.05, 0) is 36.8 Å². The lowest BCUT2D eigenvalue weighted by molar-refractivity contribution is 0.0781. The standard InChI is InChI=1S/C17H18FNO2/c1-3-21-16-7-5-4-6-15(16)17(20)19(2)12-13-8-10-14(18)11-9-13/h4-11H,3,12H2,1-2H3. The number of nitrogens with zero attached hydrogens (tertiary/aromatic N) is 1. The Hall–Kier alpha value is -2.36. The predicted octanol–water partition coefficient (Wildman–Crippen LogP) is 3.50. The van der Waals surface area contributed by atoms with Gasteiger partial charge < -0.3 is 9.64 Å². The molecule has 0 saturated carbocycles. The Morgan fingerprint density at radius 2 is 1.81 bits per heavy atom. The largest absolute Gasteiger partial charge is 0.493 e. The van der Waals surface area contributed by atoms with Crippen molar-refractivity contribution < 1.29 is 13.9 Å². The quantitative estimate of drug-likeness (QED) is 0.842. The van der Waals surface area contributed by atoms with Gasteiger partial charge in [-0.25, -0.2) is 4.39 Å². The maximum absolute atomic E-state index is 12.9. The summed E-state index contributed by atoms with van der Waals surface area (Å²) >= 11 is 0. The Morgan fingerprint density at radius 3 is 2.48 bits per heavy atom. The van der Waals surface area contributed by atoms with Crippen LogP contribution < -0.4 is 4.74 Å². The Kier molecular flexibility index (Phi) is 4.93. The predicted molar refractivity (Wildman–Crippen MR) is 79.8 cm³/mol. The number of para-hydroxylation sites is 1. The smallest absolute Gasteiger partial charge is 0.257 e. The number of benzene rings is 2. The molecule has 0 heterocycles. The first kappa shape index (κ1) is 15.0. The summed E-state index contributed by atoms with van der Waals surface area (Å²) in [6, 6.07) is 13.3. The molecule has 2 aromatic carbocycles. The van der Waals surface area contributed by atoms with Crippen LogP contribution in [0.1, 0.15) is 22.8 Å². The normalized spacial score (nSPS) is 10.2. The fourth-order valence-corrected chi connectivity index (χ4v) is 2.07. The van der Waals surface area contributed by atoms with E-state index in [9.17, 15) is 9.18 Å². The number of halogens is 1. The first-order chi connectivity index (χ1) is 10.1. The van der Waals surface area contributed by atoms with Crippen LogP contribution in [-0.4, -0.2) is 24.5 Å². The number of hydrogen-bond acceptors (Lipinski definition) is 2. The van der Waals surface area contributed by atoms with Crippen LogP contribution in [0.4, 0.5) is 4.39 Å². The molecule has 2 aromatic rings. The lowest BCUT2D eigenvalue weighted by atomic mass is 10.1. The molecule has 0 bridgehead atoms. The molecule has 21 heavy (non-hydrogen) atoms. The van der Waals surface area contributed by atoms with Crippen molar-refractivity contribution in [3.05, 3.63) is 65.5 Å². The molecule has 0 aliphatic heterocycles. The van der Waals surface area contributed by atoms with Crippen molar-refractivity contribution in [1.29, 1.82) is 0 Å². The maximum atomic E-state index is 12.9. The van der Waals surface area contributed by atoms with E-state index in [0.717, 1.165) is 5.56 Å². The third-order valence-corrected chi connectivity index (χ3v) is 3.10. The second kappa shape index (κ2) is 6.88. The highest BCUT2D eigenvalue weighted by atomic mass is 19.1. The zero-order chi connectivity index (χ0) is 15.2. The molecule has 0 aromatic heterocycles. The third-order valence-electron chi connectivity index (χ3n) is 3.10. The van der Waals surface area contributed by atoms with Crippen LogP contribution in [0, 0.1) is 5.82 Å². The average Bonchev–Trinajstić information content (AvgIpc) is 2.50. The van der Waals surface area contributed by atoms with Gasteiger partial charge in [0.2, 0.25) is 0 Å². The second-order valence-corrected chi connectivity index (χ2v) is 4.72. The van der Waals surface area contributed by atoms with Crippen molar-refractivity contribution in [2.75, 3.05) is 13.7 Å². The van der Waals surface area contributed by atoms with Crippen LogP contribution in [0.5, 0.6) is 5.75 Å². The fraction of sp³-hybridized carbons (Fsp3) is 0.235. The van der Waals surface area contributed by atoms with E-state index in [4.69, 9.17) is 4.74 Å². The molecule has 0 N–H and O–H groups in total. The van der Waals surface area contributed by atoms with Crippen molar-refractivity contribution in [2.24, 2.45) is 0 Å². The molecule has 3 nitrogen and oxygen atoms in total. The second-order valence-electron chi connectivity index (χ2n) is 4.72. The molecule has 0 radical (unpaired) electrons. The Bertz CT molecular complexity index is 610. The molecule has 0 aliphatic carbocycles. The lowest BCUT2D eigenvalue weighted by Gasteiger charge is -2.19. The molecule has 0 spiro atoms. The van der Waals surface area contributed by atoms with E-state index in [0.29, 0.717) is 24.5 Å². The van der Waals surface area contributed by atoms with Crippen LogP contribution in [0.15, 0.2) is 48.5 Å². The maximum Gasteiger partial charge on any atom is 0.257 e. The van der Waals surface area contributed by atoms with Crippen molar-refractivity contribution in [3.63, 3.8) is 0 Å². The number of rotatable bonds is 5. The average molecular weight is 287 g/mol. The Labute approximate surface area is 124 Å². The third kappa shape index (κ3) is 3.81. The van der Waals surface area contributed by atoms with E-state index in [1.807, 2.05) is 19.1 Å². The summed E-state index contributed by atoms with van der Waals surface area (Å²) in [4.78, 5) is 14.1. The minimum Gasteiger partial charge on any atom is -0.493 e. The van der Waals surface area contributed by atoms with E-state index in [1.54, 1.807) is 36.2 Å². The molecule has 0 unspecified atom stereocenters. The van der Waals surface area contributed by atoms with Crippen LogP contribution in [0.3, 0.4) is 0 Å². The number of hydrogen-bond donors (Lipinski definition) is 0. The first-order valence-corrected chi connectivity index (χ1v) is 6.83. The van der Waals surface area contributed by atoms with Crippen molar-refractivity contribution in [2.45, 2.75) is 13.5 Å². The van der Waals surface area contributed by atoms with Crippen LogP contribution in [0.25, 0.3) is 0 Å². The minimum atomic E-state index is -0.283. The number of amides is 1. The van der Waals surface area contributed by atoms with E-state index >= 15 is 0 Å². The van der Waals surface area contributed by atoms with Gasteiger partial charge in [-0.2, -0.15) is 0 Å². The van der Waals surface area contributed by atoms with E-state index in [1.165, 1.54) is 12.1 Å². The van der Waals surface area contributed by atoms with E-state index in [2.05, 4.69) is 0 Å². The van der Waals surface area contributed by atoms with Gasteiger partial charge in [0.05, 0.1) is 12.2 Å². The molecule has 4 heteroatoms. The highest BCUT2D eigenvalue weighted by molar-refractivity contribution is 5.96. The lowest BCUT2D eigenvalue weighted by Crippen LogP contribution is -2.26. The summed E-state index contributed by atoms with van der Waals surface area (Å²) in [7, 11) is 1.72. The number of ether oxygens (including phenoxy) is 1. The fourth-order valence-electron chi connectivity index (χ4n) is 2.07. The number of carbonyl (C=O) groups is 1. The van der Waals surface area contributed by atoms with Gasteiger partial charge in [0.15, 0.2) is 0 Å². The van der Waals surface area contributed by atoms with Crippen LogP contribution in [0.2, 0.25) is 0 Å². The van der Waals surface area contributed by atoms with Gasteiger partial charge in [0, 0.05) is 13.6 Å². The zero-order valence-electron chi connectivity index (χ0n) is 12.2. The molecule has 110 valence electrons. The monoisotopic (exact) mass is 287 g/mol. The SMILES string of the molecule is CCOc1ccccc1C(=O)N(C)Cc1ccc(F)cc1. The molecule has 0 atom stereocenters. The topological polar surface area (TPSA) is 29.5 Å². The first-order valence-electron chi connectivity index (χ1n) is 6.83. The summed E-state index contributed by atoms with van der Waals surface area (Å²) in [5, 5.41) is 0. The summed E-state index contributed by atoms with van der Waals surface area (Å²) in [6.45, 7) is 2.80. The van der Waals surface area contributed by atoms with Gasteiger partial charge in [0.25, 0.3) is 5.91 Å². The van der Waals surface area contributed by atoms with Crippen LogP contribution in [-0.2, 0) is 6.54 Å². The van der Waals surface area contributed by atoms with Crippen molar-refractivity contribution >= 4 is 5.91 Å². The molecule has 2 rings (SSSR count). The highest BCUT2D eigenvalue weighted by Crippen LogP contribution is 2.20. The van der Waals surface area contributed by atoms with Gasteiger partial charge in [-0.1, -0.05) is 24.3 Å². The van der Waals surface area contributed by atoms with Gasteiger partial charge >= 0.3 is 0 Å². The van der Waals surface area contributed by atoms with Crippen molar-refractivity contribution in [1.82, 2.24) is 4.90 Å². The van der Waals surface area contributed by atoms with E-state index < -0.39 is 0 Å². The Morgan fingerprint density at radius 1 is 1.14 bits per heavy atom. The Balaban J connectivity index is 2.13. The number of carbonyl (C=O) groups excluding carboxylic acids is 1. The molecular formula is C17H18FNO2.